The number of para-hydroxylation sites is 1. The molecule has 0 unspecified atom stereocenters. The summed E-state index contributed by atoms with van der Waals surface area (Å²) in [5, 5.41) is 11.5. The van der Waals surface area contributed by atoms with Crippen LogP contribution in [0, 0.1) is 5.92 Å². The van der Waals surface area contributed by atoms with E-state index in [0.29, 0.717) is 19.7 Å². The maximum atomic E-state index is 11.9. The minimum atomic E-state index is -1.02. The van der Waals surface area contributed by atoms with Gasteiger partial charge in [0.2, 0.25) is 0 Å². The molecule has 1 rings (SSSR count). The lowest BCUT2D eigenvalue weighted by Gasteiger charge is -2.23. The van der Waals surface area contributed by atoms with Gasteiger partial charge >= 0.3 is 12.0 Å². The Kier molecular flexibility index (Phi) is 7.08. The molecule has 0 aliphatic rings. The van der Waals surface area contributed by atoms with Gasteiger partial charge in [-0.15, -0.1) is 0 Å². The Balaban J connectivity index is 2.34. The van der Waals surface area contributed by atoms with Gasteiger partial charge in [0.05, 0.1) is 6.54 Å². The number of hydrogen-bond acceptors (Lipinski definition) is 3. The van der Waals surface area contributed by atoms with Crippen LogP contribution in [0.25, 0.3) is 0 Å². The molecule has 0 aromatic heterocycles. The van der Waals surface area contributed by atoms with E-state index < -0.39 is 5.97 Å². The molecule has 0 aliphatic heterocycles. The van der Waals surface area contributed by atoms with E-state index in [1.807, 2.05) is 44.2 Å². The number of rotatable bonds is 8. The average molecular weight is 294 g/mol. The third-order valence-electron chi connectivity index (χ3n) is 2.59. The van der Waals surface area contributed by atoms with E-state index in [1.54, 1.807) is 0 Å². The van der Waals surface area contributed by atoms with Crippen molar-refractivity contribution < 1.29 is 19.4 Å². The number of amides is 2. The Labute approximate surface area is 124 Å². The molecular weight excluding hydrogens is 272 g/mol. The van der Waals surface area contributed by atoms with Crippen LogP contribution in [0.2, 0.25) is 0 Å². The number of carboxylic acids is 1. The van der Waals surface area contributed by atoms with Gasteiger partial charge in [-0.1, -0.05) is 32.0 Å². The maximum Gasteiger partial charge on any atom is 0.323 e. The lowest BCUT2D eigenvalue weighted by atomic mass is 10.2. The summed E-state index contributed by atoms with van der Waals surface area (Å²) in [4.78, 5) is 24.0. The van der Waals surface area contributed by atoms with Crippen LogP contribution in [-0.2, 0) is 4.79 Å². The van der Waals surface area contributed by atoms with Crippen LogP contribution in [0.3, 0.4) is 0 Å². The van der Waals surface area contributed by atoms with Crippen LogP contribution in [0.15, 0.2) is 30.3 Å². The zero-order chi connectivity index (χ0) is 15.7. The highest BCUT2D eigenvalue weighted by Crippen LogP contribution is 2.07. The summed E-state index contributed by atoms with van der Waals surface area (Å²) in [5.41, 5.74) is 0. The number of carboxylic acid groups (broad SMARTS) is 1. The normalized spacial score (nSPS) is 10.2. The van der Waals surface area contributed by atoms with Crippen molar-refractivity contribution in [2.75, 3.05) is 26.2 Å². The van der Waals surface area contributed by atoms with E-state index in [9.17, 15) is 9.59 Å². The monoisotopic (exact) mass is 294 g/mol. The van der Waals surface area contributed by atoms with Crippen molar-refractivity contribution in [1.82, 2.24) is 10.2 Å². The molecule has 0 bridgehead atoms. The third-order valence-corrected chi connectivity index (χ3v) is 2.59. The van der Waals surface area contributed by atoms with Gasteiger partial charge in [0.15, 0.2) is 0 Å². The predicted molar refractivity (Wildman–Crippen MR) is 79.4 cm³/mol. The average Bonchev–Trinajstić information content (AvgIpc) is 2.43. The molecule has 1 aromatic carbocycles. The first-order chi connectivity index (χ1) is 9.99. The number of nitrogens with one attached hydrogen (secondary N) is 1. The first kappa shape index (κ1) is 16.8. The Morgan fingerprint density at radius 1 is 1.29 bits per heavy atom. The Morgan fingerprint density at radius 2 is 1.95 bits per heavy atom. The van der Waals surface area contributed by atoms with Gasteiger partial charge in [0.25, 0.3) is 0 Å². The van der Waals surface area contributed by atoms with Crippen LogP contribution in [0.1, 0.15) is 13.8 Å². The number of ether oxygens (including phenoxy) is 1. The van der Waals surface area contributed by atoms with Gasteiger partial charge in [-0.05, 0) is 18.1 Å². The summed E-state index contributed by atoms with van der Waals surface area (Å²) >= 11 is 0. The number of hydrogen-bond donors (Lipinski definition) is 2. The Hall–Kier alpha value is -2.24. The van der Waals surface area contributed by atoms with Gasteiger partial charge in [-0.2, -0.15) is 0 Å². The number of carbonyl (C=O) groups excluding carboxylic acids is 1. The molecule has 116 valence electrons. The molecule has 2 amide bonds. The molecule has 1 aromatic rings. The molecular formula is C15H22N2O4. The molecule has 0 atom stereocenters. The first-order valence-corrected chi connectivity index (χ1v) is 6.91. The van der Waals surface area contributed by atoms with Gasteiger partial charge in [0.1, 0.15) is 18.9 Å². The number of nitrogens with zero attached hydrogens (tertiary/aromatic N) is 1. The largest absolute Gasteiger partial charge is 0.492 e. The molecule has 0 radical (unpaired) electrons. The maximum absolute atomic E-state index is 11.9. The second-order valence-electron chi connectivity index (χ2n) is 5.06. The summed E-state index contributed by atoms with van der Waals surface area (Å²) in [6.07, 6.45) is 0. The van der Waals surface area contributed by atoms with Crippen LogP contribution in [0.5, 0.6) is 5.75 Å². The molecule has 6 nitrogen and oxygen atoms in total. The van der Waals surface area contributed by atoms with Crippen LogP contribution >= 0.6 is 0 Å². The number of benzene rings is 1. The van der Waals surface area contributed by atoms with Crippen molar-refractivity contribution in [3.63, 3.8) is 0 Å². The molecule has 0 aliphatic carbocycles. The van der Waals surface area contributed by atoms with Gasteiger partial charge in [-0.3, -0.25) is 4.79 Å². The topological polar surface area (TPSA) is 78.9 Å². The quantitative estimate of drug-likeness (QED) is 0.717. The van der Waals surface area contributed by atoms with Gasteiger partial charge in [0, 0.05) is 6.54 Å². The fourth-order valence-electron chi connectivity index (χ4n) is 1.78. The van der Waals surface area contributed by atoms with Gasteiger partial charge in [-0.25, -0.2) is 4.79 Å². The minimum absolute atomic E-state index is 0.204. The third kappa shape index (κ3) is 7.20. The molecule has 6 heteroatoms. The Morgan fingerprint density at radius 3 is 2.52 bits per heavy atom. The van der Waals surface area contributed by atoms with Crippen LogP contribution < -0.4 is 10.1 Å². The SMILES string of the molecule is CC(C)CN(CC(=O)O)C(=O)NCCOc1ccccc1. The molecule has 0 saturated carbocycles. The van der Waals surface area contributed by atoms with Crippen molar-refractivity contribution in [3.8, 4) is 5.75 Å². The van der Waals surface area contributed by atoms with Crippen molar-refractivity contribution in [2.45, 2.75) is 13.8 Å². The minimum Gasteiger partial charge on any atom is -0.492 e. The zero-order valence-corrected chi connectivity index (χ0v) is 12.4. The molecule has 0 fully saturated rings. The van der Waals surface area contributed by atoms with Crippen molar-refractivity contribution >= 4 is 12.0 Å². The molecule has 0 saturated heterocycles. The van der Waals surface area contributed by atoms with E-state index in [1.165, 1.54) is 4.90 Å². The van der Waals surface area contributed by atoms with Crippen LogP contribution in [0.4, 0.5) is 4.79 Å². The molecule has 21 heavy (non-hydrogen) atoms. The highest BCUT2D eigenvalue weighted by atomic mass is 16.5. The van der Waals surface area contributed by atoms with E-state index in [2.05, 4.69) is 5.32 Å². The molecule has 0 spiro atoms. The molecule has 0 heterocycles. The summed E-state index contributed by atoms with van der Waals surface area (Å²) in [5.74, 6) is -0.0849. The second-order valence-corrected chi connectivity index (χ2v) is 5.06. The summed E-state index contributed by atoms with van der Waals surface area (Å²) in [7, 11) is 0. The highest BCUT2D eigenvalue weighted by Gasteiger charge is 2.17. The summed E-state index contributed by atoms with van der Waals surface area (Å²) in [6.45, 7) is 4.61. The lowest BCUT2D eigenvalue weighted by Crippen LogP contribution is -2.45. The van der Waals surface area contributed by atoms with Gasteiger partial charge < -0.3 is 20.1 Å². The van der Waals surface area contributed by atoms with Crippen LogP contribution in [-0.4, -0.2) is 48.2 Å². The standard InChI is InChI=1S/C15H22N2O4/c1-12(2)10-17(11-14(18)19)15(20)16-8-9-21-13-6-4-3-5-7-13/h3-7,12H,8-11H2,1-2H3,(H,16,20)(H,18,19). The van der Waals surface area contributed by atoms with E-state index in [4.69, 9.17) is 9.84 Å². The fourth-order valence-corrected chi connectivity index (χ4v) is 1.78. The summed E-state index contributed by atoms with van der Waals surface area (Å²) in [6, 6.07) is 8.90. The van der Waals surface area contributed by atoms with E-state index in [-0.39, 0.29) is 18.5 Å². The smallest absolute Gasteiger partial charge is 0.323 e. The first-order valence-electron chi connectivity index (χ1n) is 6.91. The second kappa shape index (κ2) is 8.84. The van der Waals surface area contributed by atoms with E-state index >= 15 is 0 Å². The van der Waals surface area contributed by atoms with E-state index in [0.717, 1.165) is 5.75 Å². The zero-order valence-electron chi connectivity index (χ0n) is 12.4. The van der Waals surface area contributed by atoms with Crippen molar-refractivity contribution in [1.29, 1.82) is 0 Å². The predicted octanol–water partition coefficient (Wildman–Crippen LogP) is 1.82. The lowest BCUT2D eigenvalue weighted by molar-refractivity contribution is -0.137. The van der Waals surface area contributed by atoms with Crippen molar-refractivity contribution in [2.24, 2.45) is 5.92 Å². The Bertz CT molecular complexity index is 448. The number of aliphatic carboxylic acids is 1. The number of carbonyl (C=O) groups is 2. The molecule has 2 N–H and O–H groups in total. The number of urea groups is 1. The highest BCUT2D eigenvalue weighted by molar-refractivity contribution is 5.80. The fraction of sp³-hybridized carbons (Fsp3) is 0.467. The summed E-state index contributed by atoms with van der Waals surface area (Å²) < 4.78 is 5.45. The van der Waals surface area contributed by atoms with Crippen molar-refractivity contribution in [3.05, 3.63) is 30.3 Å².